The lowest BCUT2D eigenvalue weighted by Gasteiger charge is -2.14. The molecule has 0 amide bonds. The number of hydrogen-bond donors (Lipinski definition) is 0. The number of hydrogen-bond acceptors (Lipinski definition) is 1. The van der Waals surface area contributed by atoms with Crippen molar-refractivity contribution in [3.05, 3.63) is 68.4 Å². The van der Waals surface area contributed by atoms with Crippen molar-refractivity contribution in [2.45, 2.75) is 6.92 Å². The fraction of sp³-hybridized carbons (Fsp3) is 0.0556. The molecule has 0 bridgehead atoms. The van der Waals surface area contributed by atoms with Crippen molar-refractivity contribution in [2.24, 2.45) is 0 Å². The van der Waals surface area contributed by atoms with Crippen molar-refractivity contribution < 1.29 is 0 Å². The normalized spacial score (nSPS) is 11.5. The number of halogens is 4. The standard InChI is InChI=1S/C18H10Cl4N2/c1-9-6-7-10-4-2-3-5-11(10)17(9)24-8-23-16-14(21)12(19)13(20)15(22)18(16)24/h2-8H,1H3. The average molecular weight is 396 g/mol. The van der Waals surface area contributed by atoms with Gasteiger partial charge in [-0.3, -0.25) is 4.57 Å². The van der Waals surface area contributed by atoms with E-state index in [1.165, 1.54) is 0 Å². The predicted molar refractivity (Wildman–Crippen MR) is 103 cm³/mol. The summed E-state index contributed by atoms with van der Waals surface area (Å²) >= 11 is 25.2. The SMILES string of the molecule is Cc1ccc2ccccc2c1-n1cnc2c(Cl)c(Cl)c(Cl)c(Cl)c21. The summed E-state index contributed by atoms with van der Waals surface area (Å²) in [5, 5.41) is 3.31. The molecule has 0 N–H and O–H groups in total. The van der Waals surface area contributed by atoms with Gasteiger partial charge in [0.2, 0.25) is 0 Å². The Morgan fingerprint density at radius 3 is 2.33 bits per heavy atom. The maximum absolute atomic E-state index is 6.47. The molecule has 1 aromatic heterocycles. The molecule has 6 heteroatoms. The van der Waals surface area contributed by atoms with E-state index in [0.29, 0.717) is 21.1 Å². The van der Waals surface area contributed by atoms with Gasteiger partial charge >= 0.3 is 0 Å². The first-order chi connectivity index (χ1) is 11.5. The molecule has 0 aliphatic heterocycles. The molecule has 0 spiro atoms. The van der Waals surface area contributed by atoms with Gasteiger partial charge in [0, 0.05) is 5.39 Å². The highest BCUT2D eigenvalue weighted by Gasteiger charge is 2.21. The zero-order valence-electron chi connectivity index (χ0n) is 12.4. The second-order valence-electron chi connectivity index (χ2n) is 5.52. The minimum absolute atomic E-state index is 0.218. The van der Waals surface area contributed by atoms with Crippen molar-refractivity contribution in [3.8, 4) is 5.69 Å². The van der Waals surface area contributed by atoms with Crippen molar-refractivity contribution in [3.63, 3.8) is 0 Å². The Hall–Kier alpha value is -1.45. The number of imidazole rings is 1. The number of fused-ring (bicyclic) bond motifs is 2. The molecule has 0 saturated heterocycles. The van der Waals surface area contributed by atoms with Gasteiger partial charge < -0.3 is 0 Å². The highest BCUT2D eigenvalue weighted by molar-refractivity contribution is 6.55. The highest BCUT2D eigenvalue weighted by atomic mass is 35.5. The Morgan fingerprint density at radius 1 is 0.833 bits per heavy atom. The van der Waals surface area contributed by atoms with Gasteiger partial charge in [0.05, 0.1) is 31.3 Å². The van der Waals surface area contributed by atoms with E-state index >= 15 is 0 Å². The summed E-state index contributed by atoms with van der Waals surface area (Å²) in [6.07, 6.45) is 1.70. The van der Waals surface area contributed by atoms with Crippen LogP contribution in [0.4, 0.5) is 0 Å². The summed E-state index contributed by atoms with van der Waals surface area (Å²) < 4.78 is 1.92. The molecule has 0 radical (unpaired) electrons. The predicted octanol–water partition coefficient (Wildman–Crippen LogP) is 7.10. The van der Waals surface area contributed by atoms with Crippen molar-refractivity contribution >= 4 is 68.2 Å². The van der Waals surface area contributed by atoms with E-state index in [9.17, 15) is 0 Å². The lowest BCUT2D eigenvalue weighted by atomic mass is 10.0. The van der Waals surface area contributed by atoms with E-state index in [4.69, 9.17) is 46.4 Å². The quantitative estimate of drug-likeness (QED) is 0.248. The second kappa shape index (κ2) is 5.82. The fourth-order valence-electron chi connectivity index (χ4n) is 2.97. The highest BCUT2D eigenvalue weighted by Crippen LogP contribution is 2.43. The largest absolute Gasteiger partial charge is 0.296 e. The third kappa shape index (κ3) is 2.21. The molecule has 0 saturated carbocycles. The summed E-state index contributed by atoms with van der Waals surface area (Å²) in [5.74, 6) is 0. The molecule has 2 nitrogen and oxygen atoms in total. The van der Waals surface area contributed by atoms with Crippen molar-refractivity contribution in [1.82, 2.24) is 9.55 Å². The molecule has 0 unspecified atom stereocenters. The number of rotatable bonds is 1. The Balaban J connectivity index is 2.19. The molecule has 4 aromatic rings. The van der Waals surface area contributed by atoms with E-state index in [1.807, 2.05) is 23.6 Å². The van der Waals surface area contributed by atoms with Crippen LogP contribution in [0.1, 0.15) is 5.56 Å². The Morgan fingerprint density at radius 2 is 1.54 bits per heavy atom. The summed E-state index contributed by atoms with van der Waals surface area (Å²) in [6.45, 7) is 2.04. The Bertz CT molecular complexity index is 1120. The summed E-state index contributed by atoms with van der Waals surface area (Å²) in [5.41, 5.74) is 3.26. The van der Waals surface area contributed by atoms with Crippen LogP contribution in [0.15, 0.2) is 42.7 Å². The maximum Gasteiger partial charge on any atom is 0.111 e. The van der Waals surface area contributed by atoms with Gasteiger partial charge in [0.15, 0.2) is 0 Å². The maximum atomic E-state index is 6.47. The summed E-state index contributed by atoms with van der Waals surface area (Å²) in [7, 11) is 0. The molecule has 1 heterocycles. The molecule has 4 rings (SSSR count). The molecule has 0 fully saturated rings. The van der Waals surface area contributed by atoms with Gasteiger partial charge in [0.25, 0.3) is 0 Å². The monoisotopic (exact) mass is 394 g/mol. The van der Waals surface area contributed by atoms with Crippen LogP contribution in [0.2, 0.25) is 20.1 Å². The third-order valence-electron chi connectivity index (χ3n) is 4.10. The van der Waals surface area contributed by atoms with Crippen LogP contribution >= 0.6 is 46.4 Å². The lowest BCUT2D eigenvalue weighted by molar-refractivity contribution is 1.09. The van der Waals surface area contributed by atoms with Crippen molar-refractivity contribution in [1.29, 1.82) is 0 Å². The lowest BCUT2D eigenvalue weighted by Crippen LogP contribution is -1.98. The zero-order valence-corrected chi connectivity index (χ0v) is 15.5. The smallest absolute Gasteiger partial charge is 0.111 e. The van der Waals surface area contributed by atoms with E-state index in [-0.39, 0.29) is 10.0 Å². The molecule has 3 aromatic carbocycles. The molecule has 0 aliphatic carbocycles. The molecule has 120 valence electrons. The van der Waals surface area contributed by atoms with E-state index in [1.54, 1.807) is 6.33 Å². The first-order valence-corrected chi connectivity index (χ1v) is 8.69. The Labute approximate surface area is 158 Å². The van der Waals surface area contributed by atoms with E-state index < -0.39 is 0 Å². The van der Waals surface area contributed by atoms with Gasteiger partial charge in [0.1, 0.15) is 11.8 Å². The van der Waals surface area contributed by atoms with Crippen LogP contribution in [0, 0.1) is 6.92 Å². The van der Waals surface area contributed by atoms with Gasteiger partial charge in [-0.25, -0.2) is 4.98 Å². The van der Waals surface area contributed by atoms with Crippen LogP contribution in [0.5, 0.6) is 0 Å². The van der Waals surface area contributed by atoms with Crippen LogP contribution in [0.3, 0.4) is 0 Å². The van der Waals surface area contributed by atoms with Crippen LogP contribution in [-0.2, 0) is 0 Å². The molecular formula is C18H10Cl4N2. The third-order valence-corrected chi connectivity index (χ3v) is 5.89. The number of benzene rings is 3. The second-order valence-corrected chi connectivity index (χ2v) is 7.03. The fourth-order valence-corrected chi connectivity index (χ4v) is 3.95. The minimum Gasteiger partial charge on any atom is -0.296 e. The first-order valence-electron chi connectivity index (χ1n) is 7.18. The first kappa shape index (κ1) is 16.0. The minimum atomic E-state index is 0.218. The van der Waals surface area contributed by atoms with E-state index in [0.717, 1.165) is 22.0 Å². The molecule has 24 heavy (non-hydrogen) atoms. The topological polar surface area (TPSA) is 17.8 Å². The average Bonchev–Trinajstić information content (AvgIpc) is 3.02. The van der Waals surface area contributed by atoms with Crippen molar-refractivity contribution in [2.75, 3.05) is 0 Å². The number of aryl methyl sites for hydroxylation is 1. The van der Waals surface area contributed by atoms with Gasteiger partial charge in [-0.1, -0.05) is 82.8 Å². The van der Waals surface area contributed by atoms with Gasteiger partial charge in [-0.05, 0) is 17.9 Å². The van der Waals surface area contributed by atoms with Gasteiger partial charge in [-0.2, -0.15) is 0 Å². The molecular weight excluding hydrogens is 386 g/mol. The zero-order chi connectivity index (χ0) is 17.0. The van der Waals surface area contributed by atoms with Crippen LogP contribution in [-0.4, -0.2) is 9.55 Å². The number of aromatic nitrogens is 2. The Kier molecular flexibility index (Phi) is 3.89. The summed E-state index contributed by atoms with van der Waals surface area (Å²) in [6, 6.07) is 12.3. The molecule has 0 aliphatic rings. The summed E-state index contributed by atoms with van der Waals surface area (Å²) in [4.78, 5) is 4.41. The molecule has 0 atom stereocenters. The van der Waals surface area contributed by atoms with Crippen LogP contribution < -0.4 is 0 Å². The number of nitrogens with zero attached hydrogens (tertiary/aromatic N) is 2. The van der Waals surface area contributed by atoms with E-state index in [2.05, 4.69) is 29.2 Å². The van der Waals surface area contributed by atoms with Crippen LogP contribution in [0.25, 0.3) is 27.5 Å². The van der Waals surface area contributed by atoms with Gasteiger partial charge in [-0.15, -0.1) is 0 Å².